The molecule has 1 aromatic heterocycles. The summed E-state index contributed by atoms with van der Waals surface area (Å²) in [5, 5.41) is 11.9. The fourth-order valence-electron chi connectivity index (χ4n) is 1.08. The Bertz CT molecular complexity index is 340. The van der Waals surface area contributed by atoms with Crippen LogP contribution in [-0.2, 0) is 0 Å². The molecule has 5 heteroatoms. The maximum atomic E-state index is 11.6. The van der Waals surface area contributed by atoms with Crippen LogP contribution in [0.5, 0.6) is 0 Å². The number of aliphatic hydroxyl groups excluding tert-OH is 1. The number of carbonyl (C=O) groups excluding carboxylic acids is 1. The number of aromatic nitrogens is 1. The van der Waals surface area contributed by atoms with Crippen molar-refractivity contribution in [3.63, 3.8) is 0 Å². The Hall–Kier alpha value is -1.13. The highest BCUT2D eigenvalue weighted by Gasteiger charge is 2.13. The minimum absolute atomic E-state index is 0.0832. The highest BCUT2D eigenvalue weighted by Crippen LogP contribution is 2.13. The topological polar surface area (TPSA) is 62.2 Å². The first-order valence-corrected chi connectivity index (χ1v) is 5.08. The SMILES string of the molecule is CC[C@H](CO)NC(=O)c1cnccc1Cl. The van der Waals surface area contributed by atoms with Crippen molar-refractivity contribution < 1.29 is 9.90 Å². The van der Waals surface area contributed by atoms with Crippen molar-refractivity contribution in [1.29, 1.82) is 0 Å². The highest BCUT2D eigenvalue weighted by molar-refractivity contribution is 6.33. The number of rotatable bonds is 4. The van der Waals surface area contributed by atoms with Crippen LogP contribution in [0.2, 0.25) is 5.02 Å². The lowest BCUT2D eigenvalue weighted by atomic mass is 10.2. The molecule has 1 heterocycles. The number of hydrogen-bond donors (Lipinski definition) is 2. The third kappa shape index (κ3) is 3.18. The number of nitrogens with zero attached hydrogens (tertiary/aromatic N) is 1. The van der Waals surface area contributed by atoms with Crippen LogP contribution in [0.25, 0.3) is 0 Å². The van der Waals surface area contributed by atoms with Crippen LogP contribution in [0.15, 0.2) is 18.5 Å². The third-order valence-electron chi connectivity index (χ3n) is 2.06. The van der Waals surface area contributed by atoms with Gasteiger partial charge in [-0.1, -0.05) is 18.5 Å². The standard InChI is InChI=1S/C10H13ClN2O2/c1-2-7(6-14)13-10(15)8-5-12-4-3-9(8)11/h3-5,7,14H,2,6H2,1H3,(H,13,15)/t7-/m1/s1. The summed E-state index contributed by atoms with van der Waals surface area (Å²) in [6, 6.07) is 1.31. The molecule has 0 aliphatic carbocycles. The molecule has 0 fully saturated rings. The Morgan fingerprint density at radius 1 is 1.73 bits per heavy atom. The van der Waals surface area contributed by atoms with Crippen LogP contribution in [-0.4, -0.2) is 28.6 Å². The molecule has 0 aromatic carbocycles. The molecule has 0 saturated heterocycles. The number of hydrogen-bond acceptors (Lipinski definition) is 3. The smallest absolute Gasteiger partial charge is 0.254 e. The van der Waals surface area contributed by atoms with E-state index in [1.807, 2.05) is 6.92 Å². The highest BCUT2D eigenvalue weighted by atomic mass is 35.5. The van der Waals surface area contributed by atoms with Crippen molar-refractivity contribution in [1.82, 2.24) is 10.3 Å². The predicted molar refractivity (Wildman–Crippen MR) is 57.9 cm³/mol. The molecule has 1 atom stereocenters. The Labute approximate surface area is 93.3 Å². The van der Waals surface area contributed by atoms with E-state index in [9.17, 15) is 4.79 Å². The summed E-state index contributed by atoms with van der Waals surface area (Å²) in [5.74, 6) is -0.311. The van der Waals surface area contributed by atoms with Crippen LogP contribution < -0.4 is 5.32 Å². The minimum Gasteiger partial charge on any atom is -0.394 e. The third-order valence-corrected chi connectivity index (χ3v) is 2.39. The van der Waals surface area contributed by atoms with Gasteiger partial charge in [0.05, 0.1) is 23.2 Å². The molecule has 0 aliphatic rings. The van der Waals surface area contributed by atoms with Gasteiger partial charge in [0.1, 0.15) is 0 Å². The summed E-state index contributed by atoms with van der Waals surface area (Å²) in [6.45, 7) is 1.80. The molecule has 1 amide bonds. The number of nitrogens with one attached hydrogen (secondary N) is 1. The van der Waals surface area contributed by atoms with Gasteiger partial charge in [0.25, 0.3) is 5.91 Å². The number of carbonyl (C=O) groups is 1. The van der Waals surface area contributed by atoms with Gasteiger partial charge in [-0.15, -0.1) is 0 Å². The van der Waals surface area contributed by atoms with E-state index in [1.54, 1.807) is 6.07 Å². The number of halogens is 1. The van der Waals surface area contributed by atoms with Gasteiger partial charge in [0.15, 0.2) is 0 Å². The van der Waals surface area contributed by atoms with Gasteiger partial charge >= 0.3 is 0 Å². The van der Waals surface area contributed by atoms with E-state index in [0.29, 0.717) is 17.0 Å². The van der Waals surface area contributed by atoms with Crippen molar-refractivity contribution in [2.45, 2.75) is 19.4 Å². The molecule has 0 aliphatic heterocycles. The summed E-state index contributed by atoms with van der Waals surface area (Å²) < 4.78 is 0. The average molecular weight is 229 g/mol. The number of aliphatic hydroxyl groups is 1. The molecule has 4 nitrogen and oxygen atoms in total. The molecule has 15 heavy (non-hydrogen) atoms. The van der Waals surface area contributed by atoms with Crippen LogP contribution in [0.1, 0.15) is 23.7 Å². The van der Waals surface area contributed by atoms with E-state index in [0.717, 1.165) is 0 Å². The van der Waals surface area contributed by atoms with Crippen LogP contribution in [0.4, 0.5) is 0 Å². The fraction of sp³-hybridized carbons (Fsp3) is 0.400. The van der Waals surface area contributed by atoms with Gasteiger partial charge in [-0.3, -0.25) is 9.78 Å². The Balaban J connectivity index is 2.73. The summed E-state index contributed by atoms with van der Waals surface area (Å²) in [4.78, 5) is 15.5. The Morgan fingerprint density at radius 3 is 3.00 bits per heavy atom. The lowest BCUT2D eigenvalue weighted by molar-refractivity contribution is 0.0914. The van der Waals surface area contributed by atoms with Gasteiger partial charge in [-0.2, -0.15) is 0 Å². The van der Waals surface area contributed by atoms with Crippen molar-refractivity contribution >= 4 is 17.5 Å². The summed E-state index contributed by atoms with van der Waals surface area (Å²) in [5.41, 5.74) is 0.325. The van der Waals surface area contributed by atoms with Gasteiger partial charge in [-0.25, -0.2) is 0 Å². The first-order valence-electron chi connectivity index (χ1n) is 4.70. The summed E-state index contributed by atoms with van der Waals surface area (Å²) in [7, 11) is 0. The zero-order chi connectivity index (χ0) is 11.3. The lowest BCUT2D eigenvalue weighted by Crippen LogP contribution is -2.37. The van der Waals surface area contributed by atoms with Crippen molar-refractivity contribution in [3.05, 3.63) is 29.0 Å². The molecular weight excluding hydrogens is 216 g/mol. The first kappa shape index (κ1) is 11.9. The summed E-state index contributed by atoms with van der Waals surface area (Å²) >= 11 is 5.83. The fourth-order valence-corrected chi connectivity index (χ4v) is 1.28. The number of amides is 1. The molecule has 0 bridgehead atoms. The number of pyridine rings is 1. The van der Waals surface area contributed by atoms with Gasteiger partial charge in [-0.05, 0) is 12.5 Å². The van der Waals surface area contributed by atoms with E-state index in [-0.39, 0.29) is 18.6 Å². The zero-order valence-electron chi connectivity index (χ0n) is 8.40. The molecule has 82 valence electrons. The lowest BCUT2D eigenvalue weighted by Gasteiger charge is -2.14. The monoisotopic (exact) mass is 228 g/mol. The Kier molecular flexibility index (Phi) is 4.52. The van der Waals surface area contributed by atoms with E-state index < -0.39 is 0 Å². The zero-order valence-corrected chi connectivity index (χ0v) is 9.16. The van der Waals surface area contributed by atoms with Crippen LogP contribution >= 0.6 is 11.6 Å². The second-order valence-corrected chi connectivity index (χ2v) is 3.52. The van der Waals surface area contributed by atoms with Crippen molar-refractivity contribution in [2.24, 2.45) is 0 Å². The molecule has 0 unspecified atom stereocenters. The van der Waals surface area contributed by atoms with Gasteiger partial charge in [0, 0.05) is 12.4 Å². The molecule has 0 saturated carbocycles. The Morgan fingerprint density at radius 2 is 2.47 bits per heavy atom. The summed E-state index contributed by atoms with van der Waals surface area (Å²) in [6.07, 6.45) is 3.59. The largest absolute Gasteiger partial charge is 0.394 e. The molecule has 2 N–H and O–H groups in total. The van der Waals surface area contributed by atoms with Crippen LogP contribution in [0, 0.1) is 0 Å². The quantitative estimate of drug-likeness (QED) is 0.815. The van der Waals surface area contributed by atoms with Crippen molar-refractivity contribution in [3.8, 4) is 0 Å². The molecule has 1 aromatic rings. The van der Waals surface area contributed by atoms with E-state index in [2.05, 4.69) is 10.3 Å². The normalized spacial score (nSPS) is 12.2. The molecule has 0 spiro atoms. The maximum absolute atomic E-state index is 11.6. The van der Waals surface area contributed by atoms with Gasteiger partial charge < -0.3 is 10.4 Å². The minimum atomic E-state index is -0.311. The van der Waals surface area contributed by atoms with E-state index in [4.69, 9.17) is 16.7 Å². The molecule has 0 radical (unpaired) electrons. The molecule has 1 rings (SSSR count). The van der Waals surface area contributed by atoms with E-state index in [1.165, 1.54) is 12.4 Å². The molecular formula is C10H13ClN2O2. The predicted octanol–water partition coefficient (Wildman–Crippen LogP) is 1.24. The van der Waals surface area contributed by atoms with Crippen LogP contribution in [0.3, 0.4) is 0 Å². The van der Waals surface area contributed by atoms with Gasteiger partial charge in [0.2, 0.25) is 0 Å². The van der Waals surface area contributed by atoms with E-state index >= 15 is 0 Å². The van der Waals surface area contributed by atoms with Crippen molar-refractivity contribution in [2.75, 3.05) is 6.61 Å². The average Bonchev–Trinajstić information content (AvgIpc) is 2.26. The second kappa shape index (κ2) is 5.68. The first-order chi connectivity index (χ1) is 7.19. The maximum Gasteiger partial charge on any atom is 0.254 e. The second-order valence-electron chi connectivity index (χ2n) is 3.12.